The molecule has 1 N–H and O–H groups in total. The number of aromatic nitrogens is 4. The number of hydrogen-bond donors (Lipinski definition) is 1. The summed E-state index contributed by atoms with van der Waals surface area (Å²) in [5.74, 6) is 0.450. The van der Waals surface area contributed by atoms with Gasteiger partial charge in [-0.3, -0.25) is 0 Å². The number of fused-ring (bicyclic) bond motifs is 1. The SMILES string of the molecule is CCc1cnc(N[C@]2([Si])CCCN(C)C2)nc1-c1cn(S(=O)(=O)c2ccccc2)c2nc(C#N)ccc12. The third-order valence-corrected chi connectivity index (χ3v) is 8.77. The lowest BCUT2D eigenvalue weighted by atomic mass is 10.0. The van der Waals surface area contributed by atoms with Gasteiger partial charge in [0.25, 0.3) is 10.0 Å². The molecule has 1 atom stereocenters. The van der Waals surface area contributed by atoms with Crippen molar-refractivity contribution in [2.45, 2.75) is 36.2 Å². The van der Waals surface area contributed by atoms with Crippen molar-refractivity contribution in [2.24, 2.45) is 0 Å². The molecular weight excluding hydrogens is 502 g/mol. The first kappa shape index (κ1) is 25.1. The molecule has 11 heteroatoms. The van der Waals surface area contributed by atoms with Crippen LogP contribution in [0.2, 0.25) is 0 Å². The summed E-state index contributed by atoms with van der Waals surface area (Å²) in [6.07, 6.45) is 5.92. The van der Waals surface area contributed by atoms with E-state index in [1.165, 1.54) is 12.1 Å². The third-order valence-electron chi connectivity index (χ3n) is 6.57. The standard InChI is InChI=1S/C26H26N7O2SSi/c1-3-18-15-28-25(31-26(37)12-7-13-32(2)17-26)30-23(18)22-16-33(24-21(22)11-10-19(14-27)29-24)36(34,35)20-8-5-4-6-9-20/h4-6,8-11,15-16H,3,7,12-13,17H2,1-2H3,(H,28,30,31)/t26-/m0/s1. The van der Waals surface area contributed by atoms with Gasteiger partial charge < -0.3 is 10.2 Å². The molecule has 1 saturated heterocycles. The summed E-state index contributed by atoms with van der Waals surface area (Å²) < 4.78 is 28.4. The minimum atomic E-state index is -3.97. The largest absolute Gasteiger partial charge is 0.351 e. The Morgan fingerprint density at radius 3 is 2.68 bits per heavy atom. The van der Waals surface area contributed by atoms with E-state index in [2.05, 4.69) is 37.5 Å². The van der Waals surface area contributed by atoms with Gasteiger partial charge in [-0.05, 0) is 62.7 Å². The third kappa shape index (κ3) is 4.75. The van der Waals surface area contributed by atoms with Crippen molar-refractivity contribution in [1.29, 1.82) is 5.26 Å². The summed E-state index contributed by atoms with van der Waals surface area (Å²) in [4.78, 5) is 16.2. The first-order valence-electron chi connectivity index (χ1n) is 12.0. The van der Waals surface area contributed by atoms with Crippen molar-refractivity contribution in [2.75, 3.05) is 25.5 Å². The van der Waals surface area contributed by atoms with E-state index in [0.717, 1.165) is 35.5 Å². The summed E-state index contributed by atoms with van der Waals surface area (Å²) in [6.45, 7) is 3.82. The van der Waals surface area contributed by atoms with E-state index in [-0.39, 0.29) is 21.4 Å². The number of aryl methyl sites for hydroxylation is 1. The van der Waals surface area contributed by atoms with Crippen LogP contribution in [0.4, 0.5) is 5.95 Å². The minimum Gasteiger partial charge on any atom is -0.351 e. The fourth-order valence-corrected chi connectivity index (χ4v) is 6.66. The van der Waals surface area contributed by atoms with E-state index < -0.39 is 10.0 Å². The number of benzene rings is 1. The van der Waals surface area contributed by atoms with E-state index in [1.54, 1.807) is 42.7 Å². The van der Waals surface area contributed by atoms with Gasteiger partial charge in [-0.1, -0.05) is 25.1 Å². The van der Waals surface area contributed by atoms with E-state index >= 15 is 0 Å². The normalized spacial score (nSPS) is 18.5. The minimum absolute atomic E-state index is 0.129. The Balaban J connectivity index is 1.68. The Labute approximate surface area is 219 Å². The molecule has 37 heavy (non-hydrogen) atoms. The zero-order chi connectivity index (χ0) is 26.2. The smallest absolute Gasteiger partial charge is 0.269 e. The number of pyridine rings is 1. The monoisotopic (exact) mass is 528 g/mol. The number of nitrogens with one attached hydrogen (secondary N) is 1. The predicted molar refractivity (Wildman–Crippen MR) is 143 cm³/mol. The fraction of sp³-hybridized carbons (Fsp3) is 0.308. The molecule has 0 bridgehead atoms. The molecule has 9 nitrogen and oxygen atoms in total. The van der Waals surface area contributed by atoms with Gasteiger partial charge in [-0.15, -0.1) is 0 Å². The first-order chi connectivity index (χ1) is 17.7. The zero-order valence-corrected chi connectivity index (χ0v) is 22.5. The first-order valence-corrected chi connectivity index (χ1v) is 14.0. The Bertz CT molecular complexity index is 1620. The van der Waals surface area contributed by atoms with Crippen molar-refractivity contribution in [3.05, 3.63) is 66.1 Å². The number of hydrogen-bond acceptors (Lipinski definition) is 8. The number of nitriles is 1. The van der Waals surface area contributed by atoms with Gasteiger partial charge in [-0.25, -0.2) is 27.3 Å². The molecule has 3 radical (unpaired) electrons. The van der Waals surface area contributed by atoms with Crippen LogP contribution in [0.25, 0.3) is 22.3 Å². The molecule has 0 unspecified atom stereocenters. The van der Waals surface area contributed by atoms with E-state index in [4.69, 9.17) is 4.98 Å². The number of likely N-dealkylation sites (tertiary alicyclic amines) is 1. The summed E-state index contributed by atoms with van der Waals surface area (Å²) in [7, 11) is 2.01. The van der Waals surface area contributed by atoms with E-state index in [1.807, 2.05) is 13.0 Å². The lowest BCUT2D eigenvalue weighted by Gasteiger charge is -2.39. The summed E-state index contributed by atoms with van der Waals surface area (Å²) in [5, 5.41) is 13.1. The molecule has 1 aromatic carbocycles. The molecule has 0 aliphatic carbocycles. The van der Waals surface area contributed by atoms with Gasteiger partial charge >= 0.3 is 0 Å². The van der Waals surface area contributed by atoms with Gasteiger partial charge in [0, 0.05) is 35.1 Å². The second-order valence-electron chi connectivity index (χ2n) is 9.31. The van der Waals surface area contributed by atoms with Crippen LogP contribution in [0.5, 0.6) is 0 Å². The Kier molecular flexibility index (Phi) is 6.57. The molecule has 4 heterocycles. The average molecular weight is 529 g/mol. The lowest BCUT2D eigenvalue weighted by Crippen LogP contribution is -2.52. The summed E-state index contributed by atoms with van der Waals surface area (Å²) >= 11 is 0. The molecule has 0 spiro atoms. The highest BCUT2D eigenvalue weighted by atomic mass is 32.2. The molecule has 5 rings (SSSR count). The van der Waals surface area contributed by atoms with E-state index in [9.17, 15) is 13.7 Å². The van der Waals surface area contributed by atoms with Crippen LogP contribution in [0.15, 0.2) is 59.8 Å². The number of anilines is 1. The molecule has 0 saturated carbocycles. The van der Waals surface area contributed by atoms with Crippen LogP contribution in [0.3, 0.4) is 0 Å². The number of nitrogens with zero attached hydrogens (tertiary/aromatic N) is 6. The van der Waals surface area contributed by atoms with Crippen molar-refractivity contribution in [3.8, 4) is 17.3 Å². The second kappa shape index (κ2) is 9.70. The maximum atomic E-state index is 13.6. The van der Waals surface area contributed by atoms with Crippen LogP contribution in [-0.2, 0) is 16.4 Å². The van der Waals surface area contributed by atoms with Gasteiger partial charge in [0.2, 0.25) is 5.95 Å². The van der Waals surface area contributed by atoms with Gasteiger partial charge in [0.1, 0.15) is 11.8 Å². The Hall–Kier alpha value is -3.59. The van der Waals surface area contributed by atoms with Crippen LogP contribution in [0.1, 0.15) is 31.0 Å². The molecule has 187 valence electrons. The quantitative estimate of drug-likeness (QED) is 0.379. The second-order valence-corrected chi connectivity index (χ2v) is 12.1. The number of piperidine rings is 1. The Morgan fingerprint density at radius 1 is 1.19 bits per heavy atom. The summed E-state index contributed by atoms with van der Waals surface area (Å²) in [5.41, 5.74) is 2.41. The molecule has 1 aliphatic rings. The highest BCUT2D eigenvalue weighted by Gasteiger charge is 2.31. The van der Waals surface area contributed by atoms with E-state index in [0.29, 0.717) is 29.0 Å². The van der Waals surface area contributed by atoms with Crippen LogP contribution < -0.4 is 5.32 Å². The predicted octanol–water partition coefficient (Wildman–Crippen LogP) is 3.17. The van der Waals surface area contributed by atoms with Crippen LogP contribution in [-0.4, -0.2) is 67.8 Å². The average Bonchev–Trinajstić information content (AvgIpc) is 3.28. The highest BCUT2D eigenvalue weighted by Crippen LogP contribution is 2.34. The zero-order valence-electron chi connectivity index (χ0n) is 20.6. The maximum absolute atomic E-state index is 13.6. The van der Waals surface area contributed by atoms with Gasteiger partial charge in [0.05, 0.1) is 20.8 Å². The van der Waals surface area contributed by atoms with Crippen molar-refractivity contribution >= 4 is 37.2 Å². The number of likely N-dealkylation sites (N-methyl/N-ethyl adjacent to an activating group) is 1. The molecule has 3 aromatic heterocycles. The molecule has 0 amide bonds. The fourth-order valence-electron chi connectivity index (χ4n) is 4.76. The molecular formula is C26H26N7O2SSi. The number of rotatable bonds is 6. The van der Waals surface area contributed by atoms with Crippen molar-refractivity contribution in [1.82, 2.24) is 23.8 Å². The molecule has 1 aliphatic heterocycles. The van der Waals surface area contributed by atoms with Crippen LogP contribution >= 0.6 is 0 Å². The summed E-state index contributed by atoms with van der Waals surface area (Å²) in [6, 6.07) is 13.5. The molecule has 1 fully saturated rings. The maximum Gasteiger partial charge on any atom is 0.269 e. The van der Waals surface area contributed by atoms with Crippen molar-refractivity contribution < 1.29 is 8.42 Å². The van der Waals surface area contributed by atoms with Crippen molar-refractivity contribution in [3.63, 3.8) is 0 Å². The van der Waals surface area contributed by atoms with Gasteiger partial charge in [0.15, 0.2) is 5.65 Å². The van der Waals surface area contributed by atoms with Crippen LogP contribution in [0, 0.1) is 11.3 Å². The topological polar surface area (TPSA) is 117 Å². The lowest BCUT2D eigenvalue weighted by molar-refractivity contribution is 0.241. The molecule has 4 aromatic rings. The highest BCUT2D eigenvalue weighted by molar-refractivity contribution is 7.90. The van der Waals surface area contributed by atoms with Gasteiger partial charge in [-0.2, -0.15) is 5.26 Å². The Morgan fingerprint density at radius 2 is 1.97 bits per heavy atom.